The number of benzene rings is 2. The summed E-state index contributed by atoms with van der Waals surface area (Å²) in [4.78, 5) is 16.1. The van der Waals surface area contributed by atoms with Gasteiger partial charge in [-0.3, -0.25) is 9.71 Å². The number of aromatic nitrogens is 1. The molecule has 0 aliphatic rings. The number of amides is 1. The number of pyridine rings is 1. The van der Waals surface area contributed by atoms with Crippen LogP contribution < -0.4 is 10.0 Å². The fourth-order valence-electron chi connectivity index (χ4n) is 3.59. The molecule has 0 aliphatic carbocycles. The predicted molar refractivity (Wildman–Crippen MR) is 124 cm³/mol. The number of carbonyl (C=O) groups is 1. The van der Waals surface area contributed by atoms with Gasteiger partial charge in [0.15, 0.2) is 0 Å². The van der Waals surface area contributed by atoms with Crippen LogP contribution in [0.15, 0.2) is 42.5 Å². The Morgan fingerprint density at radius 3 is 2.39 bits per heavy atom. The van der Waals surface area contributed by atoms with E-state index in [-0.39, 0.29) is 6.54 Å². The second kappa shape index (κ2) is 8.93. The molecule has 0 aliphatic heterocycles. The van der Waals surface area contributed by atoms with E-state index < -0.39 is 16.1 Å². The number of rotatable bonds is 7. The number of nitrogens with zero attached hydrogens (tertiary/aromatic N) is 1. The van der Waals surface area contributed by atoms with Crippen LogP contribution in [0.2, 0.25) is 0 Å². The topological polar surface area (TPSA) is 108 Å². The lowest BCUT2D eigenvalue weighted by Gasteiger charge is -2.19. The van der Waals surface area contributed by atoms with Gasteiger partial charge in [0, 0.05) is 28.9 Å². The van der Waals surface area contributed by atoms with E-state index >= 15 is 0 Å². The highest BCUT2D eigenvalue weighted by molar-refractivity contribution is 7.92. The average Bonchev–Trinajstić information content (AvgIpc) is 2.65. The van der Waals surface area contributed by atoms with Crippen molar-refractivity contribution in [3.05, 3.63) is 59.3 Å². The molecule has 1 heterocycles. The first-order valence-electron chi connectivity index (χ1n) is 10.0. The summed E-state index contributed by atoms with van der Waals surface area (Å²) < 4.78 is 26.0. The molecule has 31 heavy (non-hydrogen) atoms. The molecule has 1 aromatic heterocycles. The van der Waals surface area contributed by atoms with Crippen LogP contribution in [0, 0.1) is 12.8 Å². The number of anilines is 1. The number of aryl methyl sites for hydroxylation is 1. The maximum absolute atomic E-state index is 11.7. The summed E-state index contributed by atoms with van der Waals surface area (Å²) >= 11 is 0. The van der Waals surface area contributed by atoms with Gasteiger partial charge in [-0.15, -0.1) is 0 Å². The van der Waals surface area contributed by atoms with E-state index in [2.05, 4.69) is 23.9 Å². The molecule has 0 radical (unpaired) electrons. The second-order valence-electron chi connectivity index (χ2n) is 8.14. The minimum absolute atomic E-state index is 0.104. The van der Waals surface area contributed by atoms with Crippen molar-refractivity contribution in [2.45, 2.75) is 33.7 Å². The van der Waals surface area contributed by atoms with Crippen LogP contribution in [0.3, 0.4) is 0 Å². The first-order valence-corrected chi connectivity index (χ1v) is 11.9. The number of nitrogens with one attached hydrogen (secondary N) is 2. The number of fused-ring (bicyclic) bond motifs is 1. The SMILES string of the molecule is Cc1ccc(-c2c(CNC(=O)O)c(CC(C)C)nc3ccc(NS(C)(=O)=O)cc23)cc1. The van der Waals surface area contributed by atoms with Gasteiger partial charge in [-0.25, -0.2) is 13.2 Å². The zero-order valence-corrected chi connectivity index (χ0v) is 18.9. The van der Waals surface area contributed by atoms with Gasteiger partial charge < -0.3 is 10.4 Å². The maximum atomic E-state index is 11.7. The lowest BCUT2D eigenvalue weighted by Crippen LogP contribution is -2.22. The monoisotopic (exact) mass is 441 g/mol. The molecule has 2 aromatic carbocycles. The smallest absolute Gasteiger partial charge is 0.404 e. The third kappa shape index (κ3) is 5.73. The Balaban J connectivity index is 2.34. The quantitative estimate of drug-likeness (QED) is 0.498. The summed E-state index contributed by atoms with van der Waals surface area (Å²) in [7, 11) is -3.45. The van der Waals surface area contributed by atoms with Gasteiger partial charge in [0.05, 0.1) is 11.8 Å². The molecule has 0 unspecified atom stereocenters. The summed E-state index contributed by atoms with van der Waals surface area (Å²) in [5.41, 5.74) is 5.66. The van der Waals surface area contributed by atoms with E-state index in [1.807, 2.05) is 31.2 Å². The first-order chi connectivity index (χ1) is 14.5. The molecule has 7 nitrogen and oxygen atoms in total. The summed E-state index contributed by atoms with van der Waals surface area (Å²) in [5, 5.41) is 12.5. The fraction of sp³-hybridized carbons (Fsp3) is 0.304. The Kier molecular flexibility index (Phi) is 6.50. The molecule has 0 saturated carbocycles. The molecule has 0 atom stereocenters. The Morgan fingerprint density at radius 1 is 1.13 bits per heavy atom. The molecule has 0 saturated heterocycles. The zero-order chi connectivity index (χ0) is 22.8. The summed E-state index contributed by atoms with van der Waals surface area (Å²) in [6.07, 6.45) is 0.678. The zero-order valence-electron chi connectivity index (χ0n) is 18.1. The summed E-state index contributed by atoms with van der Waals surface area (Å²) in [5.74, 6) is 0.325. The van der Waals surface area contributed by atoms with Gasteiger partial charge in [0.25, 0.3) is 0 Å². The van der Waals surface area contributed by atoms with Crippen molar-refractivity contribution in [1.82, 2.24) is 10.3 Å². The second-order valence-corrected chi connectivity index (χ2v) is 9.89. The summed E-state index contributed by atoms with van der Waals surface area (Å²) in [6, 6.07) is 13.2. The summed E-state index contributed by atoms with van der Waals surface area (Å²) in [6.45, 7) is 6.28. The highest BCUT2D eigenvalue weighted by Gasteiger charge is 2.19. The molecule has 3 N–H and O–H groups in total. The lowest BCUT2D eigenvalue weighted by atomic mass is 9.91. The van der Waals surface area contributed by atoms with Gasteiger partial charge in [0.2, 0.25) is 10.0 Å². The largest absolute Gasteiger partial charge is 0.465 e. The number of carboxylic acid groups (broad SMARTS) is 1. The molecule has 3 aromatic rings. The molecular formula is C23H27N3O4S. The highest BCUT2D eigenvalue weighted by atomic mass is 32.2. The Hall–Kier alpha value is -3.13. The van der Waals surface area contributed by atoms with Crippen LogP contribution in [-0.4, -0.2) is 30.9 Å². The molecule has 0 fully saturated rings. The molecule has 0 spiro atoms. The van der Waals surface area contributed by atoms with E-state index in [0.717, 1.165) is 45.1 Å². The predicted octanol–water partition coefficient (Wildman–Crippen LogP) is 4.55. The van der Waals surface area contributed by atoms with E-state index in [1.165, 1.54) is 0 Å². The first kappa shape index (κ1) is 22.6. The van der Waals surface area contributed by atoms with Crippen LogP contribution >= 0.6 is 0 Å². The van der Waals surface area contributed by atoms with Gasteiger partial charge in [-0.1, -0.05) is 43.7 Å². The third-order valence-corrected chi connectivity index (χ3v) is 5.44. The Bertz CT molecular complexity index is 1220. The fourth-order valence-corrected chi connectivity index (χ4v) is 4.15. The van der Waals surface area contributed by atoms with Crippen molar-refractivity contribution in [2.24, 2.45) is 5.92 Å². The molecule has 0 bridgehead atoms. The minimum atomic E-state index is -3.45. The van der Waals surface area contributed by atoms with E-state index in [1.54, 1.807) is 18.2 Å². The van der Waals surface area contributed by atoms with Crippen LogP contribution in [0.4, 0.5) is 10.5 Å². The highest BCUT2D eigenvalue weighted by Crippen LogP contribution is 2.35. The van der Waals surface area contributed by atoms with E-state index in [4.69, 9.17) is 4.98 Å². The van der Waals surface area contributed by atoms with Crippen LogP contribution in [-0.2, 0) is 23.0 Å². The Morgan fingerprint density at radius 2 is 1.81 bits per heavy atom. The van der Waals surface area contributed by atoms with Gasteiger partial charge >= 0.3 is 6.09 Å². The van der Waals surface area contributed by atoms with E-state index in [9.17, 15) is 18.3 Å². The third-order valence-electron chi connectivity index (χ3n) is 4.83. The minimum Gasteiger partial charge on any atom is -0.465 e. The van der Waals surface area contributed by atoms with Crippen LogP contribution in [0.1, 0.15) is 30.7 Å². The van der Waals surface area contributed by atoms with Crippen LogP contribution in [0.5, 0.6) is 0 Å². The van der Waals surface area contributed by atoms with Gasteiger partial charge in [-0.05, 0) is 48.6 Å². The normalized spacial score (nSPS) is 11.6. The molecule has 3 rings (SSSR count). The standard InChI is InChI=1S/C23H27N3O4S/c1-14(2)11-21-19(13-24-23(27)28)22(16-7-5-15(3)6-8-16)18-12-17(26-31(4,29)30)9-10-20(18)25-21/h5-10,12,14,24,26H,11,13H2,1-4H3,(H,27,28). The van der Waals surface area contributed by atoms with E-state index in [0.29, 0.717) is 18.0 Å². The maximum Gasteiger partial charge on any atom is 0.404 e. The number of sulfonamides is 1. The van der Waals surface area contributed by atoms with Crippen LogP contribution in [0.25, 0.3) is 22.0 Å². The Labute approximate surface area is 182 Å². The molecule has 164 valence electrons. The van der Waals surface area contributed by atoms with Crippen molar-refractivity contribution >= 4 is 32.7 Å². The lowest BCUT2D eigenvalue weighted by molar-refractivity contribution is 0.194. The molecule has 8 heteroatoms. The van der Waals surface area contributed by atoms with Crippen molar-refractivity contribution in [2.75, 3.05) is 11.0 Å². The van der Waals surface area contributed by atoms with Crippen molar-refractivity contribution in [3.63, 3.8) is 0 Å². The number of hydrogen-bond donors (Lipinski definition) is 3. The average molecular weight is 442 g/mol. The van der Waals surface area contributed by atoms with Gasteiger partial charge in [0.1, 0.15) is 0 Å². The molecule has 1 amide bonds. The van der Waals surface area contributed by atoms with Crippen molar-refractivity contribution in [3.8, 4) is 11.1 Å². The molecular weight excluding hydrogens is 414 g/mol. The number of hydrogen-bond acceptors (Lipinski definition) is 4. The van der Waals surface area contributed by atoms with Crippen molar-refractivity contribution in [1.29, 1.82) is 0 Å². The van der Waals surface area contributed by atoms with Crippen molar-refractivity contribution < 1.29 is 18.3 Å². The van der Waals surface area contributed by atoms with Gasteiger partial charge in [-0.2, -0.15) is 0 Å².